The summed E-state index contributed by atoms with van der Waals surface area (Å²) in [6, 6.07) is 23.5. The number of carboxylic acids is 1. The highest BCUT2D eigenvalue weighted by atomic mass is 32.2. The van der Waals surface area contributed by atoms with Crippen molar-refractivity contribution in [2.45, 2.75) is 10.1 Å². The van der Waals surface area contributed by atoms with E-state index < -0.39 is 17.1 Å². The van der Waals surface area contributed by atoms with Crippen molar-refractivity contribution < 1.29 is 24.2 Å². The van der Waals surface area contributed by atoms with Gasteiger partial charge in [-0.05, 0) is 35.9 Å². The normalized spacial score (nSPS) is 11.5. The lowest BCUT2D eigenvalue weighted by molar-refractivity contribution is -0.131. The average Bonchev–Trinajstić information content (AvgIpc) is 2.82. The van der Waals surface area contributed by atoms with Gasteiger partial charge in [0.1, 0.15) is 11.0 Å². The number of nitrogens with one attached hydrogen (secondary N) is 2. The maximum atomic E-state index is 13.2. The second-order valence-corrected chi connectivity index (χ2v) is 8.00. The van der Waals surface area contributed by atoms with Crippen molar-refractivity contribution in [1.82, 2.24) is 0 Å². The van der Waals surface area contributed by atoms with Crippen LogP contribution in [0.4, 0.5) is 11.4 Å². The second kappa shape index (κ2) is 11.5. The Morgan fingerprint density at radius 2 is 1.58 bits per heavy atom. The zero-order valence-corrected chi connectivity index (χ0v) is 18.5. The van der Waals surface area contributed by atoms with Gasteiger partial charge in [-0.15, -0.1) is 11.8 Å². The number of anilines is 2. The van der Waals surface area contributed by atoms with Gasteiger partial charge in [-0.3, -0.25) is 9.59 Å². The topological polar surface area (TPSA) is 105 Å². The van der Waals surface area contributed by atoms with E-state index in [9.17, 15) is 14.4 Å². The Hall–Kier alpha value is -4.04. The molecule has 33 heavy (non-hydrogen) atoms. The number of aliphatic carboxylic acids is 1. The van der Waals surface area contributed by atoms with Gasteiger partial charge in [0, 0.05) is 34.5 Å². The van der Waals surface area contributed by atoms with E-state index in [1.807, 2.05) is 36.4 Å². The Balaban J connectivity index is 1.80. The van der Waals surface area contributed by atoms with Gasteiger partial charge in [-0.25, -0.2) is 4.79 Å². The maximum Gasteiger partial charge on any atom is 0.328 e. The standard InChI is InChI=1S/C25H22N2O5S/c1-32-20-11-5-9-18(15-20)27-25(31)24(17-7-3-2-4-8-17)33-21-12-6-10-19(16-21)26-22(28)13-14-23(29)30/h2-16,24H,1H3,(H,26,28)(H,27,31)(H,29,30)/b14-13+. The molecular weight excluding hydrogens is 440 g/mol. The molecule has 0 aliphatic carbocycles. The maximum absolute atomic E-state index is 13.2. The average molecular weight is 463 g/mol. The monoisotopic (exact) mass is 462 g/mol. The van der Waals surface area contributed by atoms with Crippen molar-refractivity contribution in [3.05, 3.63) is 96.6 Å². The molecule has 168 valence electrons. The van der Waals surface area contributed by atoms with Crippen LogP contribution in [0.25, 0.3) is 0 Å². The van der Waals surface area contributed by atoms with Crippen LogP contribution in [0.2, 0.25) is 0 Å². The van der Waals surface area contributed by atoms with E-state index in [2.05, 4.69) is 10.6 Å². The Morgan fingerprint density at radius 3 is 2.27 bits per heavy atom. The largest absolute Gasteiger partial charge is 0.497 e. The third-order valence-corrected chi connectivity index (χ3v) is 5.66. The summed E-state index contributed by atoms with van der Waals surface area (Å²) in [5, 5.41) is 13.6. The number of benzene rings is 3. The number of thioether (sulfide) groups is 1. The first-order valence-corrected chi connectivity index (χ1v) is 10.8. The predicted octanol–water partition coefficient (Wildman–Crippen LogP) is 4.75. The number of hydrogen-bond donors (Lipinski definition) is 3. The summed E-state index contributed by atoms with van der Waals surface area (Å²) in [7, 11) is 1.56. The molecule has 3 aromatic rings. The summed E-state index contributed by atoms with van der Waals surface area (Å²) in [5.41, 5.74) is 1.92. The zero-order chi connectivity index (χ0) is 23.6. The molecule has 0 bridgehead atoms. The summed E-state index contributed by atoms with van der Waals surface area (Å²) in [4.78, 5) is 36.5. The molecule has 0 heterocycles. The van der Waals surface area contributed by atoms with Gasteiger partial charge in [0.25, 0.3) is 0 Å². The summed E-state index contributed by atoms with van der Waals surface area (Å²) >= 11 is 1.33. The molecule has 0 spiro atoms. The number of methoxy groups -OCH3 is 1. The minimum Gasteiger partial charge on any atom is -0.497 e. The Kier molecular flexibility index (Phi) is 8.26. The highest BCUT2D eigenvalue weighted by Gasteiger charge is 2.22. The molecule has 0 aliphatic heterocycles. The van der Waals surface area contributed by atoms with Crippen LogP contribution >= 0.6 is 11.8 Å². The molecule has 3 rings (SSSR count). The number of ether oxygens (including phenoxy) is 1. The second-order valence-electron chi connectivity index (χ2n) is 6.82. The highest BCUT2D eigenvalue weighted by Crippen LogP contribution is 2.37. The fourth-order valence-corrected chi connectivity index (χ4v) is 4.01. The van der Waals surface area contributed by atoms with Gasteiger partial charge in [-0.2, -0.15) is 0 Å². The number of rotatable bonds is 9. The van der Waals surface area contributed by atoms with Crippen LogP contribution < -0.4 is 15.4 Å². The van der Waals surface area contributed by atoms with Gasteiger partial charge >= 0.3 is 5.97 Å². The Morgan fingerprint density at radius 1 is 0.879 bits per heavy atom. The number of carboxylic acid groups (broad SMARTS) is 1. The minimum atomic E-state index is -1.21. The molecule has 0 aromatic heterocycles. The van der Waals surface area contributed by atoms with E-state index in [4.69, 9.17) is 9.84 Å². The lowest BCUT2D eigenvalue weighted by atomic mass is 10.1. The van der Waals surface area contributed by atoms with Crippen molar-refractivity contribution in [1.29, 1.82) is 0 Å². The molecule has 0 saturated heterocycles. The summed E-state index contributed by atoms with van der Waals surface area (Å²) in [6.07, 6.45) is 1.71. The molecular formula is C25H22N2O5S. The number of amides is 2. The van der Waals surface area contributed by atoms with Crippen LogP contribution in [0, 0.1) is 0 Å². The smallest absolute Gasteiger partial charge is 0.328 e. The number of carbonyl (C=O) groups is 3. The van der Waals surface area contributed by atoms with E-state index in [0.29, 0.717) is 17.1 Å². The lowest BCUT2D eigenvalue weighted by Crippen LogP contribution is -2.19. The molecule has 3 N–H and O–H groups in total. The van der Waals surface area contributed by atoms with Crippen molar-refractivity contribution in [3.8, 4) is 5.75 Å². The number of carbonyl (C=O) groups excluding carboxylic acids is 2. The summed E-state index contributed by atoms with van der Waals surface area (Å²) in [5.74, 6) is -1.34. The van der Waals surface area contributed by atoms with Crippen LogP contribution in [0.5, 0.6) is 5.75 Å². The lowest BCUT2D eigenvalue weighted by Gasteiger charge is -2.18. The van der Waals surface area contributed by atoms with Gasteiger partial charge in [0.05, 0.1) is 7.11 Å². The fraction of sp³-hybridized carbons (Fsp3) is 0.0800. The third-order valence-electron chi connectivity index (χ3n) is 4.41. The molecule has 0 radical (unpaired) electrons. The predicted molar refractivity (Wildman–Crippen MR) is 129 cm³/mol. The zero-order valence-electron chi connectivity index (χ0n) is 17.7. The Labute approximate surface area is 195 Å². The van der Waals surface area contributed by atoms with Crippen LogP contribution in [0.1, 0.15) is 10.8 Å². The third kappa shape index (κ3) is 7.26. The molecule has 2 amide bonds. The van der Waals surface area contributed by atoms with E-state index >= 15 is 0 Å². The van der Waals surface area contributed by atoms with E-state index in [1.54, 1.807) is 49.6 Å². The summed E-state index contributed by atoms with van der Waals surface area (Å²) in [6.45, 7) is 0. The molecule has 0 aliphatic rings. The van der Waals surface area contributed by atoms with E-state index in [-0.39, 0.29) is 5.91 Å². The van der Waals surface area contributed by atoms with Crippen molar-refractivity contribution >= 4 is 40.9 Å². The van der Waals surface area contributed by atoms with Crippen molar-refractivity contribution in [2.75, 3.05) is 17.7 Å². The van der Waals surface area contributed by atoms with Gasteiger partial charge in [0.2, 0.25) is 11.8 Å². The van der Waals surface area contributed by atoms with Crippen LogP contribution in [0.3, 0.4) is 0 Å². The quantitative estimate of drug-likeness (QED) is 0.313. The fourth-order valence-electron chi connectivity index (χ4n) is 2.92. The Bertz CT molecular complexity index is 1160. The molecule has 0 fully saturated rings. The molecule has 1 atom stereocenters. The van der Waals surface area contributed by atoms with Gasteiger partial charge < -0.3 is 20.5 Å². The first-order valence-electron chi connectivity index (χ1n) is 9.93. The number of hydrogen-bond acceptors (Lipinski definition) is 5. The highest BCUT2D eigenvalue weighted by molar-refractivity contribution is 8.00. The first-order chi connectivity index (χ1) is 15.9. The molecule has 8 heteroatoms. The van der Waals surface area contributed by atoms with Gasteiger partial charge in [-0.1, -0.05) is 42.5 Å². The van der Waals surface area contributed by atoms with E-state index in [0.717, 1.165) is 22.6 Å². The van der Waals surface area contributed by atoms with Gasteiger partial charge in [0.15, 0.2) is 0 Å². The van der Waals surface area contributed by atoms with E-state index in [1.165, 1.54) is 11.8 Å². The van der Waals surface area contributed by atoms with Crippen LogP contribution in [-0.4, -0.2) is 30.0 Å². The molecule has 7 nitrogen and oxygen atoms in total. The van der Waals surface area contributed by atoms with Crippen LogP contribution in [-0.2, 0) is 14.4 Å². The van der Waals surface area contributed by atoms with Crippen molar-refractivity contribution in [2.24, 2.45) is 0 Å². The van der Waals surface area contributed by atoms with Crippen LogP contribution in [0.15, 0.2) is 95.9 Å². The first kappa shape index (κ1) is 23.6. The molecule has 3 aromatic carbocycles. The SMILES string of the molecule is COc1cccc(NC(=O)C(Sc2cccc(NC(=O)/C=C/C(=O)O)c2)c2ccccc2)c1. The molecule has 0 saturated carbocycles. The minimum absolute atomic E-state index is 0.210. The summed E-state index contributed by atoms with van der Waals surface area (Å²) < 4.78 is 5.22. The van der Waals surface area contributed by atoms with Crippen molar-refractivity contribution in [3.63, 3.8) is 0 Å². The molecule has 1 unspecified atom stereocenters.